The molecule has 0 saturated heterocycles. The lowest BCUT2D eigenvalue weighted by Gasteiger charge is -2.25. The van der Waals surface area contributed by atoms with Gasteiger partial charge in [-0.15, -0.1) is 0 Å². The summed E-state index contributed by atoms with van der Waals surface area (Å²) < 4.78 is 5.41. The monoisotopic (exact) mass is 234 g/mol. The van der Waals surface area contributed by atoms with Gasteiger partial charge in [-0.05, 0) is 31.5 Å². The van der Waals surface area contributed by atoms with Crippen LogP contribution in [0, 0.1) is 0 Å². The number of benzene rings is 1. The van der Waals surface area contributed by atoms with Crippen molar-refractivity contribution in [1.29, 1.82) is 0 Å². The minimum atomic E-state index is 0.186. The number of nitrogens with zero attached hydrogens (tertiary/aromatic N) is 1. The Bertz CT molecular complexity index is 367. The Hall–Kier alpha value is -0.900. The second-order valence-electron chi connectivity index (χ2n) is 4.66. The maximum absolute atomic E-state index is 6.17. The van der Waals surface area contributed by atoms with E-state index in [0.717, 1.165) is 26.2 Å². The van der Waals surface area contributed by atoms with Gasteiger partial charge in [-0.1, -0.05) is 24.3 Å². The zero-order chi connectivity index (χ0) is 12.3. The van der Waals surface area contributed by atoms with Crippen molar-refractivity contribution in [3.63, 3.8) is 0 Å². The van der Waals surface area contributed by atoms with Gasteiger partial charge < -0.3 is 10.5 Å². The van der Waals surface area contributed by atoms with Gasteiger partial charge in [0.05, 0.1) is 6.61 Å². The van der Waals surface area contributed by atoms with Gasteiger partial charge in [0, 0.05) is 25.2 Å². The highest BCUT2D eigenvalue weighted by molar-refractivity contribution is 5.37. The van der Waals surface area contributed by atoms with Crippen LogP contribution in [-0.4, -0.2) is 31.7 Å². The maximum Gasteiger partial charge on any atom is 0.0593 e. The van der Waals surface area contributed by atoms with Crippen LogP contribution in [0.15, 0.2) is 24.3 Å². The van der Waals surface area contributed by atoms with Crippen LogP contribution in [0.5, 0.6) is 0 Å². The van der Waals surface area contributed by atoms with Gasteiger partial charge in [-0.2, -0.15) is 0 Å². The molecule has 0 bridgehead atoms. The molecule has 2 rings (SSSR count). The van der Waals surface area contributed by atoms with Crippen LogP contribution in [0.2, 0.25) is 0 Å². The van der Waals surface area contributed by atoms with Crippen LogP contribution >= 0.6 is 0 Å². The van der Waals surface area contributed by atoms with Crippen LogP contribution in [0.4, 0.5) is 0 Å². The summed E-state index contributed by atoms with van der Waals surface area (Å²) >= 11 is 0. The maximum atomic E-state index is 6.17. The highest BCUT2D eigenvalue weighted by Gasteiger charge is 2.30. The third-order valence-electron chi connectivity index (χ3n) is 3.56. The molecule has 17 heavy (non-hydrogen) atoms. The zero-order valence-electron chi connectivity index (χ0n) is 10.7. The van der Waals surface area contributed by atoms with Crippen molar-refractivity contribution >= 4 is 0 Å². The van der Waals surface area contributed by atoms with Gasteiger partial charge in [0.25, 0.3) is 0 Å². The molecule has 1 aliphatic rings. The van der Waals surface area contributed by atoms with Crippen LogP contribution < -0.4 is 5.73 Å². The molecule has 2 N–H and O–H groups in total. The summed E-state index contributed by atoms with van der Waals surface area (Å²) in [5.74, 6) is 0. The third kappa shape index (κ3) is 2.68. The number of fused-ring (bicyclic) bond motifs is 1. The van der Waals surface area contributed by atoms with E-state index >= 15 is 0 Å². The van der Waals surface area contributed by atoms with Gasteiger partial charge in [-0.3, -0.25) is 4.90 Å². The van der Waals surface area contributed by atoms with E-state index in [1.54, 1.807) is 0 Å². The summed E-state index contributed by atoms with van der Waals surface area (Å²) in [6.45, 7) is 4.57. The molecule has 2 atom stereocenters. The Morgan fingerprint density at radius 1 is 1.35 bits per heavy atom. The van der Waals surface area contributed by atoms with Crippen LogP contribution in [0.1, 0.15) is 36.6 Å². The topological polar surface area (TPSA) is 38.5 Å². The molecule has 0 radical (unpaired) electrons. The molecule has 0 aliphatic heterocycles. The first-order chi connectivity index (χ1) is 8.24. The molecular weight excluding hydrogens is 212 g/mol. The van der Waals surface area contributed by atoms with Gasteiger partial charge >= 0.3 is 0 Å². The molecule has 0 spiro atoms. The number of rotatable bonds is 5. The van der Waals surface area contributed by atoms with E-state index in [1.807, 2.05) is 6.92 Å². The zero-order valence-corrected chi connectivity index (χ0v) is 10.7. The smallest absolute Gasteiger partial charge is 0.0593 e. The highest BCUT2D eigenvalue weighted by atomic mass is 16.5. The summed E-state index contributed by atoms with van der Waals surface area (Å²) in [4.78, 5) is 2.35. The van der Waals surface area contributed by atoms with Crippen molar-refractivity contribution in [3.8, 4) is 0 Å². The van der Waals surface area contributed by atoms with Crippen molar-refractivity contribution in [2.24, 2.45) is 5.73 Å². The number of hydrogen-bond acceptors (Lipinski definition) is 3. The summed E-state index contributed by atoms with van der Waals surface area (Å²) in [6, 6.07) is 9.15. The summed E-state index contributed by atoms with van der Waals surface area (Å²) in [5.41, 5.74) is 8.87. The molecule has 0 heterocycles. The van der Waals surface area contributed by atoms with Crippen molar-refractivity contribution < 1.29 is 4.74 Å². The molecule has 3 nitrogen and oxygen atoms in total. The van der Waals surface area contributed by atoms with Crippen LogP contribution in [0.3, 0.4) is 0 Å². The molecule has 0 amide bonds. The average molecular weight is 234 g/mol. The normalized spacial score (nSPS) is 23.1. The van der Waals surface area contributed by atoms with Crippen molar-refractivity contribution in [2.75, 3.05) is 26.8 Å². The Balaban J connectivity index is 2.03. The van der Waals surface area contributed by atoms with E-state index in [9.17, 15) is 0 Å². The molecule has 2 unspecified atom stereocenters. The molecule has 0 fully saturated rings. The number of ether oxygens (including phenoxy) is 1. The first-order valence-electron chi connectivity index (χ1n) is 6.36. The Morgan fingerprint density at radius 3 is 2.76 bits per heavy atom. The number of nitrogens with two attached hydrogens (primary N) is 1. The van der Waals surface area contributed by atoms with Crippen molar-refractivity contribution in [1.82, 2.24) is 4.90 Å². The van der Waals surface area contributed by atoms with E-state index in [0.29, 0.717) is 6.04 Å². The Kier molecular flexibility index (Phi) is 4.15. The molecule has 1 aromatic rings. The van der Waals surface area contributed by atoms with Crippen molar-refractivity contribution in [3.05, 3.63) is 35.4 Å². The lowest BCUT2D eigenvalue weighted by Crippen LogP contribution is -2.27. The molecule has 3 heteroatoms. The molecule has 1 aromatic carbocycles. The van der Waals surface area contributed by atoms with E-state index in [1.165, 1.54) is 11.1 Å². The molecule has 94 valence electrons. The number of likely N-dealkylation sites (N-methyl/N-ethyl adjacent to an activating group) is 1. The molecule has 0 saturated carbocycles. The van der Waals surface area contributed by atoms with Gasteiger partial charge in [-0.25, -0.2) is 0 Å². The van der Waals surface area contributed by atoms with Gasteiger partial charge in [0.1, 0.15) is 0 Å². The first-order valence-corrected chi connectivity index (χ1v) is 6.36. The van der Waals surface area contributed by atoms with Crippen LogP contribution in [0.25, 0.3) is 0 Å². The molecule has 0 aromatic heterocycles. The average Bonchev–Trinajstić information content (AvgIpc) is 2.68. The minimum Gasteiger partial charge on any atom is -0.380 e. The largest absolute Gasteiger partial charge is 0.380 e. The highest BCUT2D eigenvalue weighted by Crippen LogP contribution is 2.39. The second kappa shape index (κ2) is 5.63. The van der Waals surface area contributed by atoms with Crippen LogP contribution in [-0.2, 0) is 4.74 Å². The standard InChI is InChI=1S/C14H22N2O/c1-3-17-9-8-16(2)14-10-13(15)11-6-4-5-7-12(11)14/h4-7,13-14H,3,8-10,15H2,1-2H3. The third-order valence-corrected chi connectivity index (χ3v) is 3.56. The lowest BCUT2D eigenvalue weighted by molar-refractivity contribution is 0.106. The Morgan fingerprint density at radius 2 is 2.06 bits per heavy atom. The van der Waals surface area contributed by atoms with Gasteiger partial charge in [0.2, 0.25) is 0 Å². The quantitative estimate of drug-likeness (QED) is 0.793. The van der Waals surface area contributed by atoms with E-state index in [4.69, 9.17) is 10.5 Å². The van der Waals surface area contributed by atoms with E-state index < -0.39 is 0 Å². The van der Waals surface area contributed by atoms with E-state index in [2.05, 4.69) is 36.2 Å². The fourth-order valence-electron chi connectivity index (χ4n) is 2.57. The summed E-state index contributed by atoms with van der Waals surface area (Å²) in [5, 5.41) is 0. The predicted molar refractivity (Wildman–Crippen MR) is 69.9 cm³/mol. The fourth-order valence-corrected chi connectivity index (χ4v) is 2.57. The van der Waals surface area contributed by atoms with Gasteiger partial charge in [0.15, 0.2) is 0 Å². The SMILES string of the molecule is CCOCCN(C)C1CC(N)c2ccccc21. The second-order valence-corrected chi connectivity index (χ2v) is 4.66. The summed E-state index contributed by atoms with van der Waals surface area (Å²) in [7, 11) is 2.15. The lowest BCUT2D eigenvalue weighted by atomic mass is 10.1. The van der Waals surface area contributed by atoms with E-state index in [-0.39, 0.29) is 6.04 Å². The minimum absolute atomic E-state index is 0.186. The fraction of sp³-hybridized carbons (Fsp3) is 0.571. The molecule has 1 aliphatic carbocycles. The molecular formula is C14H22N2O. The summed E-state index contributed by atoms with van der Waals surface area (Å²) in [6.07, 6.45) is 1.02. The van der Waals surface area contributed by atoms with Crippen molar-refractivity contribution in [2.45, 2.75) is 25.4 Å². The Labute approximate surface area is 104 Å². The number of hydrogen-bond donors (Lipinski definition) is 1. The first kappa shape index (κ1) is 12.6. The predicted octanol–water partition coefficient (Wildman–Crippen LogP) is 2.10.